The molecule has 0 bridgehead atoms. The molecule has 1 aromatic carbocycles. The predicted molar refractivity (Wildman–Crippen MR) is 88.9 cm³/mol. The van der Waals surface area contributed by atoms with Crippen molar-refractivity contribution >= 4 is 52.5 Å². The zero-order valence-corrected chi connectivity index (χ0v) is 13.4. The van der Waals surface area contributed by atoms with E-state index in [1.807, 2.05) is 36.5 Å². The highest BCUT2D eigenvalue weighted by atomic mass is 35.5. The van der Waals surface area contributed by atoms with Gasteiger partial charge in [0.05, 0.1) is 15.9 Å². The summed E-state index contributed by atoms with van der Waals surface area (Å²) in [6, 6.07) is 9.54. The molecule has 20 heavy (non-hydrogen) atoms. The van der Waals surface area contributed by atoms with Gasteiger partial charge in [0.1, 0.15) is 5.82 Å². The smallest absolute Gasteiger partial charge is 0.134 e. The number of anilines is 1. The van der Waals surface area contributed by atoms with Crippen LogP contribution in [0.4, 0.5) is 5.82 Å². The highest BCUT2D eigenvalue weighted by Gasteiger charge is 2.11. The Balaban J connectivity index is 1.87. The van der Waals surface area contributed by atoms with Gasteiger partial charge >= 0.3 is 0 Å². The Morgan fingerprint density at radius 2 is 2.00 bits per heavy atom. The van der Waals surface area contributed by atoms with Crippen molar-refractivity contribution in [2.24, 2.45) is 0 Å². The zero-order chi connectivity index (χ0) is 13.9. The number of thioether (sulfide) groups is 1. The largest absolute Gasteiger partial charge is 0.322 e. The first-order valence-corrected chi connectivity index (χ1v) is 8.49. The average Bonchev–Trinajstić information content (AvgIpc) is 2.98. The minimum Gasteiger partial charge on any atom is -0.322 e. The first-order valence-electron chi connectivity index (χ1n) is 5.87. The van der Waals surface area contributed by atoms with Crippen molar-refractivity contribution in [3.05, 3.63) is 58.2 Å². The van der Waals surface area contributed by atoms with Crippen LogP contribution in [0.1, 0.15) is 0 Å². The number of rotatable bonds is 3. The molecule has 0 radical (unpaired) electrons. The number of hydrogen-bond donors (Lipinski definition) is 0. The highest BCUT2D eigenvalue weighted by Crippen LogP contribution is 2.39. The van der Waals surface area contributed by atoms with Gasteiger partial charge in [0, 0.05) is 22.2 Å². The monoisotopic (exact) mass is 340 g/mol. The lowest BCUT2D eigenvalue weighted by molar-refractivity contribution is 1.09. The summed E-state index contributed by atoms with van der Waals surface area (Å²) in [5.74, 6) is 1.83. The van der Waals surface area contributed by atoms with Gasteiger partial charge in [0.15, 0.2) is 0 Å². The quantitative estimate of drug-likeness (QED) is 0.730. The fourth-order valence-electron chi connectivity index (χ4n) is 1.74. The van der Waals surface area contributed by atoms with Crippen molar-refractivity contribution in [3.63, 3.8) is 0 Å². The molecule has 0 saturated carbocycles. The minimum atomic E-state index is 0.664. The van der Waals surface area contributed by atoms with E-state index in [1.54, 1.807) is 29.7 Å². The zero-order valence-electron chi connectivity index (χ0n) is 10.3. The van der Waals surface area contributed by atoms with E-state index >= 15 is 0 Å². The molecular formula is C14H10Cl2N2S2. The van der Waals surface area contributed by atoms with Crippen LogP contribution < -0.4 is 4.90 Å². The van der Waals surface area contributed by atoms with Crippen molar-refractivity contribution in [2.45, 2.75) is 9.79 Å². The lowest BCUT2D eigenvalue weighted by atomic mass is 10.4. The molecule has 1 aliphatic rings. The van der Waals surface area contributed by atoms with Crippen LogP contribution in [0.3, 0.4) is 0 Å². The molecule has 0 saturated heterocycles. The summed E-state index contributed by atoms with van der Waals surface area (Å²) in [5, 5.41) is 3.39. The van der Waals surface area contributed by atoms with Crippen LogP contribution in [-0.4, -0.2) is 10.9 Å². The van der Waals surface area contributed by atoms with E-state index in [2.05, 4.69) is 15.3 Å². The molecular weight excluding hydrogens is 331 g/mol. The van der Waals surface area contributed by atoms with Gasteiger partial charge in [0.25, 0.3) is 0 Å². The number of benzene rings is 1. The van der Waals surface area contributed by atoms with E-state index in [4.69, 9.17) is 23.2 Å². The third kappa shape index (κ3) is 3.09. The van der Waals surface area contributed by atoms with Crippen LogP contribution in [0.25, 0.3) is 0 Å². The molecule has 0 unspecified atom stereocenters. The molecule has 0 fully saturated rings. The highest BCUT2D eigenvalue weighted by molar-refractivity contribution is 8.02. The van der Waals surface area contributed by atoms with Crippen LogP contribution in [0.15, 0.2) is 57.9 Å². The number of pyridine rings is 1. The molecule has 1 aliphatic heterocycles. The molecule has 0 spiro atoms. The summed E-state index contributed by atoms with van der Waals surface area (Å²) in [6.45, 7) is 0. The Hall–Kier alpha value is -0.810. The average molecular weight is 341 g/mol. The van der Waals surface area contributed by atoms with Crippen molar-refractivity contribution in [2.75, 3.05) is 10.8 Å². The van der Waals surface area contributed by atoms with E-state index < -0.39 is 0 Å². The number of aromatic nitrogens is 1. The third-order valence-electron chi connectivity index (χ3n) is 2.70. The van der Waals surface area contributed by atoms with E-state index in [-0.39, 0.29) is 0 Å². The summed E-state index contributed by atoms with van der Waals surface area (Å²) >= 11 is 15.7. The summed E-state index contributed by atoms with van der Waals surface area (Å²) < 4.78 is 0. The van der Waals surface area contributed by atoms with Gasteiger partial charge in [-0.2, -0.15) is 0 Å². The second kappa shape index (κ2) is 6.31. The number of hydrogen-bond acceptors (Lipinski definition) is 4. The molecule has 2 aromatic rings. The van der Waals surface area contributed by atoms with E-state index in [0.29, 0.717) is 10.0 Å². The van der Waals surface area contributed by atoms with Crippen LogP contribution in [0.5, 0.6) is 0 Å². The maximum absolute atomic E-state index is 6.20. The fraction of sp³-hybridized carbons (Fsp3) is 0.0714. The van der Waals surface area contributed by atoms with Gasteiger partial charge in [0.2, 0.25) is 0 Å². The van der Waals surface area contributed by atoms with Crippen LogP contribution in [0.2, 0.25) is 10.0 Å². The Bertz CT molecular complexity index is 641. The van der Waals surface area contributed by atoms with Gasteiger partial charge in [-0.1, -0.05) is 41.0 Å². The lowest BCUT2D eigenvalue weighted by Crippen LogP contribution is -2.12. The molecule has 0 amide bonds. The van der Waals surface area contributed by atoms with Gasteiger partial charge in [-0.25, -0.2) is 4.98 Å². The van der Waals surface area contributed by atoms with E-state index in [1.165, 1.54) is 0 Å². The molecule has 2 nitrogen and oxygen atoms in total. The van der Waals surface area contributed by atoms with E-state index in [0.717, 1.165) is 21.5 Å². The normalized spacial score (nSPS) is 14.0. The van der Waals surface area contributed by atoms with Gasteiger partial charge < -0.3 is 4.90 Å². The third-order valence-corrected chi connectivity index (χ3v) is 5.43. The van der Waals surface area contributed by atoms with E-state index in [9.17, 15) is 0 Å². The Morgan fingerprint density at radius 3 is 2.70 bits per heavy atom. The Kier molecular flexibility index (Phi) is 4.46. The lowest BCUT2D eigenvalue weighted by Gasteiger charge is -2.14. The summed E-state index contributed by atoms with van der Waals surface area (Å²) in [7, 11) is 0. The van der Waals surface area contributed by atoms with Gasteiger partial charge in [-0.3, -0.25) is 0 Å². The summed E-state index contributed by atoms with van der Waals surface area (Å²) in [4.78, 5) is 8.43. The minimum absolute atomic E-state index is 0.664. The van der Waals surface area contributed by atoms with Gasteiger partial charge in [-0.15, -0.1) is 11.8 Å². The standard InChI is InChI=1S/C14H10Cl2N2S2/c15-11-2-1-3-12(16)14(11)20-10-4-5-17-13(8-10)18-6-7-19-9-18/h1-8H,9H2. The van der Waals surface area contributed by atoms with Crippen LogP contribution in [-0.2, 0) is 0 Å². The molecule has 0 aliphatic carbocycles. The van der Waals surface area contributed by atoms with Crippen molar-refractivity contribution in [1.29, 1.82) is 0 Å². The molecule has 0 atom stereocenters. The fourth-order valence-corrected chi connectivity index (χ4v) is 3.93. The van der Waals surface area contributed by atoms with Crippen LogP contribution in [0, 0.1) is 0 Å². The first-order chi connectivity index (χ1) is 9.74. The summed E-state index contributed by atoms with van der Waals surface area (Å²) in [6.07, 6.45) is 3.84. The molecule has 1 aromatic heterocycles. The maximum atomic E-state index is 6.20. The number of nitrogens with zero attached hydrogens (tertiary/aromatic N) is 2. The molecule has 0 N–H and O–H groups in total. The second-order valence-electron chi connectivity index (χ2n) is 4.05. The number of halogens is 2. The molecule has 3 rings (SSSR count). The predicted octanol–water partition coefficient (Wildman–Crippen LogP) is 5.52. The Labute approximate surface area is 136 Å². The van der Waals surface area contributed by atoms with Crippen molar-refractivity contribution in [3.8, 4) is 0 Å². The van der Waals surface area contributed by atoms with Crippen LogP contribution >= 0.6 is 46.7 Å². The van der Waals surface area contributed by atoms with Gasteiger partial charge in [-0.05, 0) is 29.7 Å². The maximum Gasteiger partial charge on any atom is 0.134 e. The topological polar surface area (TPSA) is 16.1 Å². The molecule has 6 heteroatoms. The molecule has 102 valence electrons. The second-order valence-corrected chi connectivity index (χ2v) is 6.82. The molecule has 2 heterocycles. The van der Waals surface area contributed by atoms with Crippen molar-refractivity contribution < 1.29 is 0 Å². The summed E-state index contributed by atoms with van der Waals surface area (Å²) in [5.41, 5.74) is 0. The first kappa shape index (κ1) is 14.1. The van der Waals surface area contributed by atoms with Crippen molar-refractivity contribution in [1.82, 2.24) is 4.98 Å². The SMILES string of the molecule is Clc1cccc(Cl)c1Sc1ccnc(N2C=CSC2)c1. The Morgan fingerprint density at radius 1 is 1.20 bits per heavy atom.